The quantitative estimate of drug-likeness (QED) is 0.844. The fraction of sp³-hybridized carbons (Fsp3) is 0.524. The van der Waals surface area contributed by atoms with Gasteiger partial charge in [0.1, 0.15) is 6.26 Å². The molecule has 26 heavy (non-hydrogen) atoms. The van der Waals surface area contributed by atoms with Crippen LogP contribution in [0.1, 0.15) is 55.8 Å². The number of likely N-dealkylation sites (tertiary alicyclic amines) is 2. The number of nitrogens with zero attached hydrogens (tertiary/aromatic N) is 3. The minimum atomic E-state index is 0.170. The minimum Gasteiger partial charge on any atom is -0.449 e. The van der Waals surface area contributed by atoms with Crippen LogP contribution in [0.25, 0.3) is 0 Å². The SMILES string of the molecule is CC(=O)N1[C@H](c2ccccc2)C[C@@H]2[C@@H]1CCCCN2Cc1coc(C)n1. The number of hydrogen-bond acceptors (Lipinski definition) is 4. The molecule has 0 bridgehead atoms. The average molecular weight is 353 g/mol. The van der Waals surface area contributed by atoms with Crippen LogP contribution in [0.15, 0.2) is 41.0 Å². The molecule has 2 aliphatic rings. The van der Waals surface area contributed by atoms with E-state index in [0.717, 1.165) is 31.6 Å². The third-order valence-corrected chi connectivity index (χ3v) is 5.85. The summed E-state index contributed by atoms with van der Waals surface area (Å²) in [5, 5.41) is 0. The summed E-state index contributed by atoms with van der Waals surface area (Å²) in [4.78, 5) is 21.7. The molecule has 5 nitrogen and oxygen atoms in total. The van der Waals surface area contributed by atoms with Gasteiger partial charge in [0.15, 0.2) is 5.89 Å². The summed E-state index contributed by atoms with van der Waals surface area (Å²) in [7, 11) is 0. The smallest absolute Gasteiger partial charge is 0.220 e. The Morgan fingerprint density at radius 3 is 2.73 bits per heavy atom. The van der Waals surface area contributed by atoms with E-state index in [4.69, 9.17) is 4.42 Å². The first-order valence-electron chi connectivity index (χ1n) is 9.62. The third kappa shape index (κ3) is 3.28. The molecule has 1 amide bonds. The van der Waals surface area contributed by atoms with Crippen LogP contribution in [-0.2, 0) is 11.3 Å². The summed E-state index contributed by atoms with van der Waals surface area (Å²) in [5.41, 5.74) is 2.23. The fourth-order valence-electron chi connectivity index (χ4n) is 4.78. The largest absolute Gasteiger partial charge is 0.449 e. The van der Waals surface area contributed by atoms with Gasteiger partial charge in [0.25, 0.3) is 0 Å². The lowest BCUT2D eigenvalue weighted by Gasteiger charge is -2.33. The summed E-state index contributed by atoms with van der Waals surface area (Å²) < 4.78 is 5.40. The van der Waals surface area contributed by atoms with Crippen LogP contribution in [0.5, 0.6) is 0 Å². The van der Waals surface area contributed by atoms with Gasteiger partial charge >= 0.3 is 0 Å². The minimum absolute atomic E-state index is 0.170. The number of hydrogen-bond donors (Lipinski definition) is 0. The molecule has 0 spiro atoms. The maximum absolute atomic E-state index is 12.5. The van der Waals surface area contributed by atoms with Crippen LogP contribution >= 0.6 is 0 Å². The van der Waals surface area contributed by atoms with Gasteiger partial charge in [-0.3, -0.25) is 9.69 Å². The second kappa shape index (κ2) is 7.23. The maximum Gasteiger partial charge on any atom is 0.220 e. The van der Waals surface area contributed by atoms with Crippen molar-refractivity contribution in [1.29, 1.82) is 0 Å². The number of benzene rings is 1. The molecule has 2 saturated heterocycles. The number of carbonyl (C=O) groups excluding carboxylic acids is 1. The van der Waals surface area contributed by atoms with Crippen LogP contribution in [0.3, 0.4) is 0 Å². The molecular formula is C21H27N3O2. The molecule has 5 heteroatoms. The summed E-state index contributed by atoms with van der Waals surface area (Å²) in [6.07, 6.45) is 6.18. The second-order valence-corrected chi connectivity index (χ2v) is 7.55. The van der Waals surface area contributed by atoms with E-state index in [1.54, 1.807) is 13.2 Å². The van der Waals surface area contributed by atoms with Gasteiger partial charge in [-0.1, -0.05) is 36.8 Å². The van der Waals surface area contributed by atoms with Crippen molar-refractivity contribution in [3.8, 4) is 0 Å². The number of rotatable bonds is 3. The van der Waals surface area contributed by atoms with Crippen molar-refractivity contribution in [3.05, 3.63) is 53.7 Å². The lowest BCUT2D eigenvalue weighted by Crippen LogP contribution is -2.45. The topological polar surface area (TPSA) is 49.6 Å². The fourth-order valence-corrected chi connectivity index (χ4v) is 4.78. The predicted molar refractivity (Wildman–Crippen MR) is 99.4 cm³/mol. The van der Waals surface area contributed by atoms with E-state index in [1.807, 2.05) is 13.0 Å². The third-order valence-electron chi connectivity index (χ3n) is 5.85. The van der Waals surface area contributed by atoms with Crippen molar-refractivity contribution >= 4 is 5.91 Å². The van der Waals surface area contributed by atoms with Gasteiger partial charge < -0.3 is 9.32 Å². The van der Waals surface area contributed by atoms with Crippen molar-refractivity contribution < 1.29 is 9.21 Å². The Labute approximate surface area is 155 Å². The average Bonchev–Trinajstić information content (AvgIpc) is 3.16. The van der Waals surface area contributed by atoms with Crippen molar-refractivity contribution in [2.24, 2.45) is 0 Å². The van der Waals surface area contributed by atoms with Crippen molar-refractivity contribution in [2.75, 3.05) is 6.54 Å². The molecule has 3 atom stereocenters. The number of fused-ring (bicyclic) bond motifs is 1. The molecule has 1 aromatic carbocycles. The van der Waals surface area contributed by atoms with Crippen LogP contribution in [-0.4, -0.2) is 39.3 Å². The monoisotopic (exact) mass is 353 g/mol. The van der Waals surface area contributed by atoms with E-state index >= 15 is 0 Å². The summed E-state index contributed by atoms with van der Waals surface area (Å²) in [6.45, 7) is 5.45. The Balaban J connectivity index is 1.63. The van der Waals surface area contributed by atoms with Gasteiger partial charge in [-0.2, -0.15) is 0 Å². The number of amides is 1. The van der Waals surface area contributed by atoms with E-state index in [0.29, 0.717) is 11.9 Å². The molecule has 2 aromatic rings. The van der Waals surface area contributed by atoms with Gasteiger partial charge in [-0.15, -0.1) is 0 Å². The maximum atomic E-state index is 12.5. The Morgan fingerprint density at radius 1 is 1.23 bits per heavy atom. The molecule has 0 saturated carbocycles. The van der Waals surface area contributed by atoms with Crippen molar-refractivity contribution in [1.82, 2.24) is 14.8 Å². The van der Waals surface area contributed by atoms with Gasteiger partial charge in [-0.05, 0) is 31.4 Å². The van der Waals surface area contributed by atoms with E-state index in [9.17, 15) is 4.79 Å². The molecule has 0 N–H and O–H groups in total. The molecule has 3 heterocycles. The zero-order valence-electron chi connectivity index (χ0n) is 15.6. The lowest BCUT2D eigenvalue weighted by molar-refractivity contribution is -0.132. The molecule has 2 fully saturated rings. The van der Waals surface area contributed by atoms with Crippen LogP contribution < -0.4 is 0 Å². The van der Waals surface area contributed by atoms with E-state index in [2.05, 4.69) is 39.0 Å². The number of aromatic nitrogens is 1. The highest BCUT2D eigenvalue weighted by Gasteiger charge is 2.46. The van der Waals surface area contributed by atoms with Crippen molar-refractivity contribution in [3.63, 3.8) is 0 Å². The molecule has 0 aliphatic carbocycles. The number of oxazole rings is 1. The molecular weight excluding hydrogens is 326 g/mol. The highest BCUT2D eigenvalue weighted by Crippen LogP contribution is 2.42. The molecule has 4 rings (SSSR count). The Morgan fingerprint density at radius 2 is 2.04 bits per heavy atom. The Hall–Kier alpha value is -2.14. The summed E-state index contributed by atoms with van der Waals surface area (Å²) in [6, 6.07) is 11.3. The van der Waals surface area contributed by atoms with Crippen LogP contribution in [0, 0.1) is 6.92 Å². The van der Waals surface area contributed by atoms with Gasteiger partial charge in [0.05, 0.1) is 11.7 Å². The van der Waals surface area contributed by atoms with Crippen LogP contribution in [0.4, 0.5) is 0 Å². The van der Waals surface area contributed by atoms with Gasteiger partial charge in [0.2, 0.25) is 5.91 Å². The zero-order chi connectivity index (χ0) is 18.1. The molecule has 1 aromatic heterocycles. The molecule has 0 radical (unpaired) electrons. The Kier molecular flexibility index (Phi) is 4.81. The normalized spacial score (nSPS) is 26.5. The molecule has 0 unspecified atom stereocenters. The van der Waals surface area contributed by atoms with Crippen molar-refractivity contribution in [2.45, 2.75) is 64.2 Å². The first kappa shape index (κ1) is 17.3. The first-order chi connectivity index (χ1) is 12.6. The summed E-state index contributed by atoms with van der Waals surface area (Å²) >= 11 is 0. The van der Waals surface area contributed by atoms with Crippen LogP contribution in [0.2, 0.25) is 0 Å². The Bertz CT molecular complexity index is 758. The standard InChI is InChI=1S/C21H27N3O2/c1-15-22-18(14-26-15)13-23-11-7-6-10-19-21(23)12-20(24(19)16(2)25)17-8-4-3-5-9-17/h3-5,8-9,14,19-21H,6-7,10-13H2,1-2H3/t19-,20-,21+/m0/s1. The summed E-state index contributed by atoms with van der Waals surface area (Å²) in [5.74, 6) is 0.899. The number of carbonyl (C=O) groups is 1. The molecule has 138 valence electrons. The predicted octanol–water partition coefficient (Wildman–Crippen LogP) is 3.70. The van der Waals surface area contributed by atoms with E-state index in [-0.39, 0.29) is 18.0 Å². The highest BCUT2D eigenvalue weighted by atomic mass is 16.3. The lowest BCUT2D eigenvalue weighted by atomic mass is 10.0. The van der Waals surface area contributed by atoms with Gasteiger partial charge in [0, 0.05) is 32.5 Å². The second-order valence-electron chi connectivity index (χ2n) is 7.55. The number of aryl methyl sites for hydroxylation is 1. The van der Waals surface area contributed by atoms with Gasteiger partial charge in [-0.25, -0.2) is 4.98 Å². The first-order valence-corrected chi connectivity index (χ1v) is 9.62. The van der Waals surface area contributed by atoms with E-state index in [1.165, 1.54) is 18.4 Å². The highest BCUT2D eigenvalue weighted by molar-refractivity contribution is 5.75. The van der Waals surface area contributed by atoms with E-state index < -0.39 is 0 Å². The molecule has 2 aliphatic heterocycles. The zero-order valence-corrected chi connectivity index (χ0v) is 15.6.